The molecule has 0 saturated carbocycles. The first-order chi connectivity index (χ1) is 12.5. The van der Waals surface area contributed by atoms with Crippen LogP contribution in [0.4, 0.5) is 5.00 Å². The molecule has 0 atom stereocenters. The molecule has 1 aliphatic rings. The van der Waals surface area contributed by atoms with Gasteiger partial charge >= 0.3 is 0 Å². The summed E-state index contributed by atoms with van der Waals surface area (Å²) in [5.41, 5.74) is 7.15. The summed E-state index contributed by atoms with van der Waals surface area (Å²) in [6.07, 6.45) is 4.04. The van der Waals surface area contributed by atoms with E-state index in [9.17, 15) is 14.4 Å². The number of nitrogens with zero attached hydrogens (tertiary/aromatic N) is 2. The van der Waals surface area contributed by atoms with Gasteiger partial charge in [0.15, 0.2) is 0 Å². The first-order valence-electron chi connectivity index (χ1n) is 8.23. The third-order valence-corrected chi connectivity index (χ3v) is 5.67. The SMILES string of the molecule is NC(=O)c1c(NC(=O)Cn2cnc3ccccc3c2=O)sc2c1CCC2. The molecule has 0 bridgehead atoms. The van der Waals surface area contributed by atoms with Crippen molar-refractivity contribution in [2.24, 2.45) is 5.73 Å². The fraction of sp³-hybridized carbons (Fsp3) is 0.222. The van der Waals surface area contributed by atoms with Crippen LogP contribution in [0, 0.1) is 0 Å². The Kier molecular flexibility index (Phi) is 4.04. The lowest BCUT2D eigenvalue weighted by Crippen LogP contribution is -2.28. The largest absolute Gasteiger partial charge is 0.365 e. The van der Waals surface area contributed by atoms with Crippen LogP contribution in [0.3, 0.4) is 0 Å². The molecule has 0 unspecified atom stereocenters. The Labute approximate surface area is 152 Å². The number of aromatic nitrogens is 2. The number of fused-ring (bicyclic) bond motifs is 2. The van der Waals surface area contributed by atoms with Crippen molar-refractivity contribution in [2.45, 2.75) is 25.8 Å². The van der Waals surface area contributed by atoms with Crippen LogP contribution in [0.2, 0.25) is 0 Å². The molecule has 1 aromatic carbocycles. The predicted molar refractivity (Wildman–Crippen MR) is 99.5 cm³/mol. The first-order valence-corrected chi connectivity index (χ1v) is 9.04. The molecule has 8 heteroatoms. The molecule has 4 rings (SSSR count). The standard InChI is InChI=1S/C18H16N4O3S/c19-16(24)15-11-5-3-7-13(11)26-17(15)21-14(23)8-22-9-20-12-6-2-1-4-10(12)18(22)25/h1-2,4,6,9H,3,5,7-8H2,(H2,19,24)(H,21,23). The lowest BCUT2D eigenvalue weighted by Gasteiger charge is -2.08. The van der Waals surface area contributed by atoms with E-state index < -0.39 is 11.8 Å². The van der Waals surface area contributed by atoms with Gasteiger partial charge in [0.05, 0.1) is 22.8 Å². The Morgan fingerprint density at radius 3 is 2.88 bits per heavy atom. The fourth-order valence-electron chi connectivity index (χ4n) is 3.29. The zero-order chi connectivity index (χ0) is 18.3. The minimum absolute atomic E-state index is 0.183. The molecule has 3 N–H and O–H groups in total. The number of carbonyl (C=O) groups is 2. The number of anilines is 1. The van der Waals surface area contributed by atoms with Gasteiger partial charge in [-0.1, -0.05) is 12.1 Å². The quantitative estimate of drug-likeness (QED) is 0.730. The van der Waals surface area contributed by atoms with Gasteiger partial charge in [0.2, 0.25) is 5.91 Å². The average molecular weight is 368 g/mol. The minimum atomic E-state index is -0.538. The Morgan fingerprint density at radius 1 is 1.27 bits per heavy atom. The molecule has 26 heavy (non-hydrogen) atoms. The van der Waals surface area contributed by atoms with Crippen molar-refractivity contribution >= 4 is 39.1 Å². The van der Waals surface area contributed by atoms with Crippen molar-refractivity contribution in [3.63, 3.8) is 0 Å². The number of aryl methyl sites for hydroxylation is 1. The lowest BCUT2D eigenvalue weighted by atomic mass is 10.1. The minimum Gasteiger partial charge on any atom is -0.365 e. The van der Waals surface area contributed by atoms with E-state index in [4.69, 9.17) is 5.73 Å². The predicted octanol–water partition coefficient (Wildman–Crippen LogP) is 1.68. The van der Waals surface area contributed by atoms with E-state index in [1.165, 1.54) is 22.2 Å². The first kappa shape index (κ1) is 16.5. The van der Waals surface area contributed by atoms with Gasteiger partial charge in [-0.05, 0) is 37.0 Å². The summed E-state index contributed by atoms with van der Waals surface area (Å²) in [4.78, 5) is 42.0. The molecule has 0 saturated heterocycles. The Balaban J connectivity index is 1.60. The topological polar surface area (TPSA) is 107 Å². The van der Waals surface area contributed by atoms with Crippen LogP contribution in [0.5, 0.6) is 0 Å². The third kappa shape index (κ3) is 2.78. The van der Waals surface area contributed by atoms with E-state index in [-0.39, 0.29) is 12.1 Å². The molecule has 2 heterocycles. The highest BCUT2D eigenvalue weighted by Crippen LogP contribution is 2.38. The number of nitrogens with two attached hydrogens (primary N) is 1. The molecule has 132 valence electrons. The van der Waals surface area contributed by atoms with Gasteiger partial charge in [-0.25, -0.2) is 4.98 Å². The highest BCUT2D eigenvalue weighted by Gasteiger charge is 2.26. The lowest BCUT2D eigenvalue weighted by molar-refractivity contribution is -0.116. The van der Waals surface area contributed by atoms with E-state index in [0.29, 0.717) is 21.5 Å². The van der Waals surface area contributed by atoms with Gasteiger partial charge in [-0.15, -0.1) is 11.3 Å². The Hall–Kier alpha value is -3.00. The maximum absolute atomic E-state index is 12.5. The van der Waals surface area contributed by atoms with Gasteiger partial charge in [0.1, 0.15) is 11.5 Å². The molecule has 0 spiro atoms. The number of primary amides is 1. The summed E-state index contributed by atoms with van der Waals surface area (Å²) in [6, 6.07) is 6.97. The number of carbonyl (C=O) groups excluding carboxylic acids is 2. The third-order valence-electron chi connectivity index (χ3n) is 4.47. The van der Waals surface area contributed by atoms with Gasteiger partial charge in [-0.3, -0.25) is 19.0 Å². The van der Waals surface area contributed by atoms with Crippen LogP contribution in [0.25, 0.3) is 10.9 Å². The molecule has 7 nitrogen and oxygen atoms in total. The van der Waals surface area contributed by atoms with Crippen LogP contribution in [-0.4, -0.2) is 21.4 Å². The maximum Gasteiger partial charge on any atom is 0.261 e. The van der Waals surface area contributed by atoms with E-state index in [1.807, 2.05) is 0 Å². The van der Waals surface area contributed by atoms with Crippen LogP contribution < -0.4 is 16.6 Å². The number of rotatable bonds is 4. The summed E-state index contributed by atoms with van der Waals surface area (Å²) < 4.78 is 1.25. The Morgan fingerprint density at radius 2 is 2.08 bits per heavy atom. The second kappa shape index (κ2) is 6.38. The molecule has 2 amide bonds. The summed E-state index contributed by atoms with van der Waals surface area (Å²) in [7, 11) is 0. The smallest absolute Gasteiger partial charge is 0.261 e. The summed E-state index contributed by atoms with van der Waals surface area (Å²) >= 11 is 1.39. The van der Waals surface area contributed by atoms with Gasteiger partial charge < -0.3 is 11.1 Å². The summed E-state index contributed by atoms with van der Waals surface area (Å²) in [6.45, 7) is -0.183. The number of hydrogen-bond acceptors (Lipinski definition) is 5. The van der Waals surface area contributed by atoms with Crippen molar-refractivity contribution in [1.29, 1.82) is 0 Å². The number of hydrogen-bond donors (Lipinski definition) is 2. The summed E-state index contributed by atoms with van der Waals surface area (Å²) in [5, 5.41) is 3.66. The highest BCUT2D eigenvalue weighted by molar-refractivity contribution is 7.17. The second-order valence-electron chi connectivity index (χ2n) is 6.17. The molecule has 3 aromatic rings. The average Bonchev–Trinajstić information content (AvgIpc) is 3.18. The Bertz CT molecular complexity index is 1100. The monoisotopic (exact) mass is 368 g/mol. The van der Waals surface area contributed by atoms with Gasteiger partial charge in [0, 0.05) is 4.88 Å². The van der Waals surface area contributed by atoms with E-state index >= 15 is 0 Å². The van der Waals surface area contributed by atoms with Crippen molar-refractivity contribution in [1.82, 2.24) is 9.55 Å². The van der Waals surface area contributed by atoms with E-state index in [1.54, 1.807) is 24.3 Å². The molecular weight excluding hydrogens is 352 g/mol. The molecule has 1 aliphatic carbocycles. The van der Waals surface area contributed by atoms with Crippen molar-refractivity contribution in [3.8, 4) is 0 Å². The van der Waals surface area contributed by atoms with Crippen LogP contribution >= 0.6 is 11.3 Å². The summed E-state index contributed by atoms with van der Waals surface area (Å²) in [5.74, 6) is -0.934. The van der Waals surface area contributed by atoms with E-state index in [2.05, 4.69) is 10.3 Å². The van der Waals surface area contributed by atoms with Crippen LogP contribution in [0.1, 0.15) is 27.2 Å². The van der Waals surface area contributed by atoms with Crippen molar-refractivity contribution in [3.05, 3.63) is 57.0 Å². The second-order valence-corrected chi connectivity index (χ2v) is 7.27. The van der Waals surface area contributed by atoms with Crippen molar-refractivity contribution < 1.29 is 9.59 Å². The number of para-hydroxylation sites is 1. The van der Waals surface area contributed by atoms with Crippen molar-refractivity contribution in [2.75, 3.05) is 5.32 Å². The number of nitrogens with one attached hydrogen (secondary N) is 1. The normalized spacial score (nSPS) is 12.9. The highest BCUT2D eigenvalue weighted by atomic mass is 32.1. The fourth-order valence-corrected chi connectivity index (χ4v) is 4.60. The molecule has 2 aromatic heterocycles. The number of thiophene rings is 1. The zero-order valence-electron chi connectivity index (χ0n) is 13.8. The molecular formula is C18H16N4O3S. The molecule has 0 radical (unpaired) electrons. The molecule has 0 fully saturated rings. The maximum atomic E-state index is 12.5. The molecule has 0 aliphatic heterocycles. The van der Waals surface area contributed by atoms with E-state index in [0.717, 1.165) is 29.7 Å². The zero-order valence-corrected chi connectivity index (χ0v) is 14.6. The van der Waals surface area contributed by atoms with Gasteiger partial charge in [-0.2, -0.15) is 0 Å². The van der Waals surface area contributed by atoms with Crippen LogP contribution in [0.15, 0.2) is 35.4 Å². The van der Waals surface area contributed by atoms with Crippen LogP contribution in [-0.2, 0) is 24.2 Å². The number of benzene rings is 1. The van der Waals surface area contributed by atoms with Gasteiger partial charge in [0.25, 0.3) is 11.5 Å². The number of amides is 2.